The molecule has 9 rings (SSSR count). The van der Waals surface area contributed by atoms with E-state index < -0.39 is 0 Å². The summed E-state index contributed by atoms with van der Waals surface area (Å²) in [5.41, 5.74) is 14.2. The van der Waals surface area contributed by atoms with Crippen molar-refractivity contribution < 1.29 is 0 Å². The Morgan fingerprint density at radius 1 is 0.455 bits per heavy atom. The normalized spacial score (nSPS) is 13.6. The van der Waals surface area contributed by atoms with Crippen molar-refractivity contribution in [3.8, 4) is 27.9 Å². The van der Waals surface area contributed by atoms with Gasteiger partial charge < -0.3 is 4.57 Å². The molecule has 0 bridgehead atoms. The van der Waals surface area contributed by atoms with Crippen LogP contribution in [-0.2, 0) is 5.41 Å². The fraction of sp³-hybridized carbons (Fsp3) is 0.116. The van der Waals surface area contributed by atoms with E-state index in [9.17, 15) is 0 Å². The largest absolute Gasteiger partial charge is 0.309 e. The average Bonchev–Trinajstić information content (AvgIpc) is 3.38. The fourth-order valence-corrected chi connectivity index (χ4v) is 7.99. The average molecular weight is 564 g/mol. The van der Waals surface area contributed by atoms with Crippen molar-refractivity contribution in [3.05, 3.63) is 150 Å². The molecule has 1 nitrogen and oxygen atoms in total. The topological polar surface area (TPSA) is 4.93 Å². The van der Waals surface area contributed by atoms with Crippen LogP contribution in [0.4, 0.5) is 0 Å². The van der Waals surface area contributed by atoms with Gasteiger partial charge in [0.2, 0.25) is 0 Å². The van der Waals surface area contributed by atoms with Gasteiger partial charge in [0.1, 0.15) is 0 Å². The Labute approximate surface area is 258 Å². The lowest BCUT2D eigenvalue weighted by Crippen LogP contribution is -2.26. The lowest BCUT2D eigenvalue weighted by Gasteiger charge is -2.35. The maximum Gasteiger partial charge on any atom is 0.0582 e. The zero-order valence-corrected chi connectivity index (χ0v) is 25.6. The zero-order valence-electron chi connectivity index (χ0n) is 25.6. The molecule has 1 heteroatoms. The molecule has 0 spiro atoms. The van der Waals surface area contributed by atoms with Gasteiger partial charge in [-0.15, -0.1) is 0 Å². The van der Waals surface area contributed by atoms with Crippen molar-refractivity contribution in [2.24, 2.45) is 0 Å². The summed E-state index contributed by atoms with van der Waals surface area (Å²) in [4.78, 5) is 0. The van der Waals surface area contributed by atoms with Gasteiger partial charge >= 0.3 is 0 Å². The van der Waals surface area contributed by atoms with Crippen molar-refractivity contribution in [2.45, 2.75) is 33.1 Å². The van der Waals surface area contributed by atoms with Gasteiger partial charge in [0, 0.05) is 16.2 Å². The number of hydrogen-bond acceptors (Lipinski definition) is 0. The second-order valence-corrected chi connectivity index (χ2v) is 13.1. The first-order chi connectivity index (χ1) is 21.4. The summed E-state index contributed by atoms with van der Waals surface area (Å²) in [5, 5.41) is 7.87. The Morgan fingerprint density at radius 2 is 1.09 bits per heavy atom. The van der Waals surface area contributed by atoms with Crippen LogP contribution < -0.4 is 0 Å². The molecule has 8 aromatic rings. The summed E-state index contributed by atoms with van der Waals surface area (Å²) in [6.07, 6.45) is 0. The predicted molar refractivity (Wildman–Crippen MR) is 188 cm³/mol. The highest BCUT2D eigenvalue weighted by Gasteiger charge is 2.35. The zero-order chi connectivity index (χ0) is 29.7. The molecule has 210 valence electrons. The molecule has 2 heterocycles. The summed E-state index contributed by atoms with van der Waals surface area (Å²) < 4.78 is 2.51. The predicted octanol–water partition coefficient (Wildman–Crippen LogP) is 11.7. The quantitative estimate of drug-likeness (QED) is 0.184. The maximum absolute atomic E-state index is 2.51. The van der Waals surface area contributed by atoms with Crippen LogP contribution >= 0.6 is 0 Å². The Balaban J connectivity index is 1.40. The molecule has 0 fully saturated rings. The van der Waals surface area contributed by atoms with Gasteiger partial charge in [-0.2, -0.15) is 0 Å². The Kier molecular flexibility index (Phi) is 5.15. The van der Waals surface area contributed by atoms with Crippen LogP contribution in [0.15, 0.2) is 127 Å². The van der Waals surface area contributed by atoms with Crippen LogP contribution in [-0.4, -0.2) is 4.57 Å². The molecule has 1 aromatic heterocycles. The number of benzene rings is 7. The number of aromatic nitrogens is 1. The molecular formula is C43H33N. The minimum Gasteiger partial charge on any atom is -0.309 e. The summed E-state index contributed by atoms with van der Waals surface area (Å²) >= 11 is 0. The van der Waals surface area contributed by atoms with Crippen molar-refractivity contribution in [1.82, 2.24) is 4.57 Å². The van der Waals surface area contributed by atoms with Crippen LogP contribution in [0.5, 0.6) is 0 Å². The van der Waals surface area contributed by atoms with Gasteiger partial charge in [-0.05, 0) is 87.0 Å². The second kappa shape index (κ2) is 8.94. The first-order valence-electron chi connectivity index (χ1n) is 15.6. The molecule has 0 radical (unpaired) electrons. The van der Waals surface area contributed by atoms with Crippen molar-refractivity contribution >= 4 is 43.4 Å². The molecule has 1 aliphatic rings. The molecule has 0 aliphatic carbocycles. The number of nitrogens with zero attached hydrogens (tertiary/aromatic N) is 1. The fourth-order valence-electron chi connectivity index (χ4n) is 7.99. The molecular weight excluding hydrogens is 530 g/mol. The van der Waals surface area contributed by atoms with E-state index >= 15 is 0 Å². The molecule has 7 aromatic carbocycles. The highest BCUT2D eigenvalue weighted by Crippen LogP contribution is 2.50. The third-order valence-corrected chi connectivity index (χ3v) is 10.1. The molecule has 0 amide bonds. The number of hydrogen-bond donors (Lipinski definition) is 0. The molecule has 1 aliphatic heterocycles. The summed E-state index contributed by atoms with van der Waals surface area (Å²) in [5.74, 6) is 0. The van der Waals surface area contributed by atoms with Crippen molar-refractivity contribution in [1.29, 1.82) is 0 Å². The van der Waals surface area contributed by atoms with E-state index in [0.717, 1.165) is 0 Å². The summed E-state index contributed by atoms with van der Waals surface area (Å²) in [6, 6.07) is 47.8. The molecule has 0 saturated heterocycles. The summed E-state index contributed by atoms with van der Waals surface area (Å²) in [6.45, 7) is 9.20. The first-order valence-corrected chi connectivity index (χ1v) is 15.6. The molecule has 44 heavy (non-hydrogen) atoms. The van der Waals surface area contributed by atoms with Crippen LogP contribution in [0.1, 0.15) is 36.1 Å². The van der Waals surface area contributed by atoms with E-state index in [2.05, 4.69) is 160 Å². The lowest BCUT2D eigenvalue weighted by atomic mass is 9.73. The monoisotopic (exact) mass is 563 g/mol. The van der Waals surface area contributed by atoms with Crippen molar-refractivity contribution in [2.75, 3.05) is 0 Å². The van der Waals surface area contributed by atoms with Crippen LogP contribution in [0.25, 0.3) is 71.3 Å². The van der Waals surface area contributed by atoms with Gasteiger partial charge in [-0.3, -0.25) is 0 Å². The first kappa shape index (κ1) is 25.4. The second-order valence-electron chi connectivity index (χ2n) is 13.1. The van der Waals surface area contributed by atoms with Gasteiger partial charge in [0.15, 0.2) is 0 Å². The molecule has 0 atom stereocenters. The number of aryl methyl sites for hydroxylation is 2. The molecule has 0 N–H and O–H groups in total. The molecule has 0 unspecified atom stereocenters. The minimum absolute atomic E-state index is 0.155. The van der Waals surface area contributed by atoms with E-state index in [4.69, 9.17) is 0 Å². The van der Waals surface area contributed by atoms with Gasteiger partial charge in [-0.25, -0.2) is 0 Å². The maximum atomic E-state index is 2.51. The van der Waals surface area contributed by atoms with Gasteiger partial charge in [-0.1, -0.05) is 134 Å². The van der Waals surface area contributed by atoms with Crippen LogP contribution in [0.3, 0.4) is 0 Å². The number of para-hydroxylation sites is 2. The highest BCUT2D eigenvalue weighted by molar-refractivity contribution is 6.22. The smallest absolute Gasteiger partial charge is 0.0582 e. The molecule has 0 saturated carbocycles. The standard InChI is InChI=1S/C43H33N/c1-26-18-21-32-34(23-26)40(28-11-6-5-7-12-28)31-20-17-27(2)24-35(31)41(32)29-19-22-39-37(25-29)43(3,4)36-15-10-14-33-30-13-8-9-16-38(30)44(39)42(33)36/h5-25H,1-4H3. The van der Waals surface area contributed by atoms with Gasteiger partial charge in [0.25, 0.3) is 0 Å². The number of rotatable bonds is 2. The Hall–Kier alpha value is -5.14. The van der Waals surface area contributed by atoms with Gasteiger partial charge in [0.05, 0.1) is 16.7 Å². The highest BCUT2D eigenvalue weighted by atomic mass is 15.0. The van der Waals surface area contributed by atoms with Crippen LogP contribution in [0, 0.1) is 13.8 Å². The minimum atomic E-state index is -0.155. The summed E-state index contributed by atoms with van der Waals surface area (Å²) in [7, 11) is 0. The van der Waals surface area contributed by atoms with E-state index in [0.29, 0.717) is 0 Å². The van der Waals surface area contributed by atoms with Crippen LogP contribution in [0.2, 0.25) is 0 Å². The van der Waals surface area contributed by atoms with E-state index in [1.54, 1.807) is 0 Å². The number of fused-ring (bicyclic) bond motifs is 7. The SMILES string of the molecule is Cc1ccc2c(-c3ccc4c(c3)C(C)(C)c3cccc5c6ccccc6n-4c35)c3cc(C)ccc3c(-c3ccccc3)c2c1. The third kappa shape index (κ3) is 3.36. The lowest BCUT2D eigenvalue weighted by molar-refractivity contribution is 0.630. The van der Waals surface area contributed by atoms with E-state index in [1.807, 2.05) is 0 Å². The Morgan fingerprint density at radius 3 is 1.82 bits per heavy atom. The third-order valence-electron chi connectivity index (χ3n) is 10.1. The Bertz CT molecular complexity index is 2470. The van der Waals surface area contributed by atoms with E-state index in [-0.39, 0.29) is 5.41 Å². The van der Waals surface area contributed by atoms with E-state index in [1.165, 1.54) is 93.5 Å². The van der Waals surface area contributed by atoms with Crippen molar-refractivity contribution in [3.63, 3.8) is 0 Å².